The predicted molar refractivity (Wildman–Crippen MR) is 122 cm³/mol. The fraction of sp³-hybridized carbons (Fsp3) is 0.280. The monoisotopic (exact) mass is 453 g/mol. The van der Waals surface area contributed by atoms with Gasteiger partial charge in [-0.15, -0.1) is 0 Å². The number of aromatic amines is 1. The van der Waals surface area contributed by atoms with E-state index in [0.29, 0.717) is 36.3 Å². The summed E-state index contributed by atoms with van der Waals surface area (Å²) in [4.78, 5) is 20.7. The van der Waals surface area contributed by atoms with Crippen molar-refractivity contribution in [2.24, 2.45) is 0 Å². The minimum atomic E-state index is -0.693. The van der Waals surface area contributed by atoms with E-state index in [9.17, 15) is 13.6 Å². The van der Waals surface area contributed by atoms with Crippen molar-refractivity contribution in [3.05, 3.63) is 71.7 Å². The fourth-order valence-corrected chi connectivity index (χ4v) is 3.86. The van der Waals surface area contributed by atoms with Crippen molar-refractivity contribution in [2.45, 2.75) is 25.7 Å². The second-order valence-corrected chi connectivity index (χ2v) is 7.88. The fourth-order valence-electron chi connectivity index (χ4n) is 3.86. The number of carbonyl (C=O) groups excluding carboxylic acids is 1. The van der Waals surface area contributed by atoms with Crippen molar-refractivity contribution in [1.82, 2.24) is 14.9 Å². The van der Waals surface area contributed by atoms with Crippen molar-refractivity contribution in [1.29, 1.82) is 0 Å². The Morgan fingerprint density at radius 2 is 2.03 bits per heavy atom. The number of rotatable bonds is 7. The van der Waals surface area contributed by atoms with Crippen molar-refractivity contribution >= 4 is 23.0 Å². The lowest BCUT2D eigenvalue weighted by Gasteiger charge is -2.19. The van der Waals surface area contributed by atoms with E-state index in [4.69, 9.17) is 14.5 Å². The highest BCUT2D eigenvalue weighted by Crippen LogP contribution is 2.39. The van der Waals surface area contributed by atoms with Crippen LogP contribution in [-0.4, -0.2) is 41.5 Å². The number of imidazole rings is 1. The summed E-state index contributed by atoms with van der Waals surface area (Å²) in [5.41, 5.74) is 2.46. The number of halogens is 2. The highest BCUT2D eigenvalue weighted by atomic mass is 19.1. The molecule has 1 N–H and O–H groups in total. The van der Waals surface area contributed by atoms with E-state index in [1.165, 1.54) is 4.90 Å². The van der Waals surface area contributed by atoms with Crippen LogP contribution in [0.1, 0.15) is 37.1 Å². The molecule has 0 spiro atoms. The summed E-state index contributed by atoms with van der Waals surface area (Å²) in [6.07, 6.45) is 7.62. The summed E-state index contributed by atoms with van der Waals surface area (Å²) in [7, 11) is 1.61. The van der Waals surface area contributed by atoms with Crippen LogP contribution in [0.5, 0.6) is 11.5 Å². The van der Waals surface area contributed by atoms with Crippen molar-refractivity contribution in [2.75, 3.05) is 20.3 Å². The van der Waals surface area contributed by atoms with E-state index < -0.39 is 11.6 Å². The molecule has 2 heterocycles. The molecular weight excluding hydrogens is 428 g/mol. The van der Waals surface area contributed by atoms with Crippen LogP contribution in [0.25, 0.3) is 16.6 Å². The van der Waals surface area contributed by atoms with Gasteiger partial charge in [0.05, 0.1) is 5.52 Å². The average molecular weight is 453 g/mol. The summed E-state index contributed by atoms with van der Waals surface area (Å²) >= 11 is 0. The van der Waals surface area contributed by atoms with Crippen LogP contribution in [0.3, 0.4) is 0 Å². The van der Waals surface area contributed by atoms with E-state index in [1.807, 2.05) is 31.2 Å². The summed E-state index contributed by atoms with van der Waals surface area (Å²) in [6, 6.07) is 6.73. The molecule has 0 radical (unpaired) electrons. The molecule has 1 aromatic heterocycles. The molecule has 172 valence electrons. The van der Waals surface area contributed by atoms with Gasteiger partial charge in [-0.1, -0.05) is 12.2 Å². The van der Waals surface area contributed by atoms with Crippen LogP contribution in [0.2, 0.25) is 0 Å². The maximum Gasteiger partial charge on any atom is 0.213 e. The van der Waals surface area contributed by atoms with Gasteiger partial charge in [0, 0.05) is 49.6 Å². The molecule has 1 aliphatic heterocycles. The Labute approximate surface area is 190 Å². The Morgan fingerprint density at radius 3 is 2.76 bits per heavy atom. The summed E-state index contributed by atoms with van der Waals surface area (Å²) < 4.78 is 39.8. The molecule has 0 saturated carbocycles. The third-order valence-corrected chi connectivity index (χ3v) is 5.51. The third-order valence-electron chi connectivity index (χ3n) is 5.51. The number of fused-ring (bicyclic) bond motifs is 1. The van der Waals surface area contributed by atoms with Gasteiger partial charge in [-0.3, -0.25) is 4.79 Å². The van der Waals surface area contributed by atoms with Crippen molar-refractivity contribution < 1.29 is 23.0 Å². The number of ether oxygens (including phenoxy) is 2. The Balaban J connectivity index is 1.90. The summed E-state index contributed by atoms with van der Waals surface area (Å²) in [5.74, 6) is -0.272. The molecule has 4 rings (SSSR count). The first-order valence-corrected chi connectivity index (χ1v) is 10.8. The zero-order chi connectivity index (χ0) is 23.4. The molecule has 0 unspecified atom stereocenters. The minimum Gasteiger partial charge on any atom is -0.451 e. The summed E-state index contributed by atoms with van der Waals surface area (Å²) in [6.45, 7) is 3.17. The van der Waals surface area contributed by atoms with Crippen LogP contribution in [0.4, 0.5) is 8.78 Å². The van der Waals surface area contributed by atoms with Gasteiger partial charge < -0.3 is 19.4 Å². The predicted octanol–water partition coefficient (Wildman–Crippen LogP) is 5.53. The second-order valence-electron chi connectivity index (χ2n) is 7.88. The van der Waals surface area contributed by atoms with E-state index in [2.05, 4.69) is 4.98 Å². The van der Waals surface area contributed by atoms with E-state index in [0.717, 1.165) is 42.4 Å². The SMILES string of the molecule is C/C=C\C(=C/N(C)C=O)c1ccc2[nH]c(C3CCOCC3)nc2c1Oc1cc(F)ccc1F. The summed E-state index contributed by atoms with van der Waals surface area (Å²) in [5, 5.41) is 0. The number of H-pyrrole nitrogens is 1. The Kier molecular flexibility index (Phi) is 6.84. The number of nitrogens with one attached hydrogen (secondary N) is 1. The van der Waals surface area contributed by atoms with Crippen LogP contribution in [-0.2, 0) is 9.53 Å². The minimum absolute atomic E-state index is 0.208. The molecule has 33 heavy (non-hydrogen) atoms. The number of allylic oxidation sites excluding steroid dienone is 3. The zero-order valence-corrected chi connectivity index (χ0v) is 18.5. The first-order chi connectivity index (χ1) is 16.0. The lowest BCUT2D eigenvalue weighted by molar-refractivity contribution is -0.114. The van der Waals surface area contributed by atoms with E-state index in [1.54, 1.807) is 13.2 Å². The van der Waals surface area contributed by atoms with Gasteiger partial charge in [-0.2, -0.15) is 0 Å². The average Bonchev–Trinajstić information content (AvgIpc) is 3.27. The highest BCUT2D eigenvalue weighted by molar-refractivity contribution is 5.91. The van der Waals surface area contributed by atoms with Crippen LogP contribution in [0.15, 0.2) is 48.7 Å². The van der Waals surface area contributed by atoms with Gasteiger partial charge >= 0.3 is 0 Å². The van der Waals surface area contributed by atoms with E-state index >= 15 is 0 Å². The van der Waals surface area contributed by atoms with Gasteiger partial charge in [0.15, 0.2) is 17.3 Å². The Hall–Kier alpha value is -3.52. The van der Waals surface area contributed by atoms with E-state index in [-0.39, 0.29) is 17.4 Å². The maximum atomic E-state index is 14.5. The highest BCUT2D eigenvalue weighted by Gasteiger charge is 2.23. The molecular formula is C25H25F2N3O3. The molecule has 8 heteroatoms. The normalized spacial score (nSPS) is 15.3. The van der Waals surface area contributed by atoms with Gasteiger partial charge in [0.25, 0.3) is 0 Å². The molecule has 6 nitrogen and oxygen atoms in total. The molecule has 0 bridgehead atoms. The van der Waals surface area contributed by atoms with Gasteiger partial charge in [-0.05, 0) is 44.0 Å². The number of hydrogen-bond donors (Lipinski definition) is 1. The molecule has 1 aliphatic rings. The lowest BCUT2D eigenvalue weighted by Crippen LogP contribution is -2.15. The topological polar surface area (TPSA) is 67.5 Å². The molecule has 1 amide bonds. The zero-order valence-electron chi connectivity index (χ0n) is 18.5. The first-order valence-electron chi connectivity index (χ1n) is 10.8. The van der Waals surface area contributed by atoms with Crippen LogP contribution in [0, 0.1) is 11.6 Å². The lowest BCUT2D eigenvalue weighted by atomic mass is 10.00. The van der Waals surface area contributed by atoms with Gasteiger partial charge in [0.1, 0.15) is 17.2 Å². The quantitative estimate of drug-likeness (QED) is 0.377. The number of hydrogen-bond acceptors (Lipinski definition) is 4. The standard InChI is InChI=1S/C25H25F2N3O3/c1-3-4-17(14-30(2)15-31)19-6-8-21-23(29-25(28-21)16-9-11-32-12-10-16)24(19)33-22-13-18(26)5-7-20(22)27/h3-8,13-16H,9-12H2,1-2H3,(H,28,29)/b4-3-,17-14+. The smallest absolute Gasteiger partial charge is 0.213 e. The molecule has 1 saturated heterocycles. The molecule has 3 aromatic rings. The molecule has 2 aromatic carbocycles. The number of aromatic nitrogens is 2. The third kappa shape index (κ3) is 4.96. The van der Waals surface area contributed by atoms with Crippen molar-refractivity contribution in [3.8, 4) is 11.5 Å². The number of carbonyl (C=O) groups is 1. The van der Waals surface area contributed by atoms with Crippen LogP contribution < -0.4 is 4.74 Å². The molecule has 0 atom stereocenters. The molecule has 1 fully saturated rings. The van der Waals surface area contributed by atoms with Gasteiger partial charge in [0.2, 0.25) is 6.41 Å². The molecule has 0 aliphatic carbocycles. The Bertz CT molecular complexity index is 1210. The van der Waals surface area contributed by atoms with Crippen molar-refractivity contribution in [3.63, 3.8) is 0 Å². The number of benzene rings is 2. The number of nitrogens with zero attached hydrogens (tertiary/aromatic N) is 2. The first kappa shape index (κ1) is 22.7. The number of amides is 1. The second kappa shape index (κ2) is 9.95. The maximum absolute atomic E-state index is 14.5. The Morgan fingerprint density at radius 1 is 1.24 bits per heavy atom. The largest absolute Gasteiger partial charge is 0.451 e. The van der Waals surface area contributed by atoms with Gasteiger partial charge in [-0.25, -0.2) is 13.8 Å². The van der Waals surface area contributed by atoms with Crippen LogP contribution >= 0.6 is 0 Å².